The van der Waals surface area contributed by atoms with E-state index in [2.05, 4.69) is 0 Å². The predicted molar refractivity (Wildman–Crippen MR) is 76.7 cm³/mol. The van der Waals surface area contributed by atoms with E-state index < -0.39 is 11.9 Å². The highest BCUT2D eigenvalue weighted by molar-refractivity contribution is 6.21. The van der Waals surface area contributed by atoms with Gasteiger partial charge in [0.15, 0.2) is 0 Å². The summed E-state index contributed by atoms with van der Waals surface area (Å²) in [7, 11) is 2.96. The van der Waals surface area contributed by atoms with E-state index in [-0.39, 0.29) is 29.4 Å². The average Bonchev–Trinajstić information content (AvgIpc) is 2.70. The molecule has 0 spiro atoms. The Morgan fingerprint density at radius 1 is 1.18 bits per heavy atom. The lowest BCUT2D eigenvalue weighted by Gasteiger charge is -2.16. The lowest BCUT2D eigenvalue weighted by Crippen LogP contribution is -2.28. The molecule has 0 saturated carbocycles. The maximum Gasteiger partial charge on any atom is 0.303 e. The molecule has 22 heavy (non-hydrogen) atoms. The summed E-state index contributed by atoms with van der Waals surface area (Å²) in [6.07, 6.45) is 0.336. The molecular weight excluding hydrogens is 288 g/mol. The first-order chi connectivity index (χ1) is 10.3. The molecule has 3 amide bonds. The lowest BCUT2D eigenvalue weighted by atomic mass is 10.0. The third-order valence-electron chi connectivity index (χ3n) is 3.57. The fraction of sp³-hybridized carbons (Fsp3) is 0.333. The highest BCUT2D eigenvalue weighted by Crippen LogP contribution is 2.23. The van der Waals surface area contributed by atoms with E-state index in [1.165, 1.54) is 30.1 Å². The van der Waals surface area contributed by atoms with Gasteiger partial charge in [0, 0.05) is 32.6 Å². The summed E-state index contributed by atoms with van der Waals surface area (Å²) in [4.78, 5) is 48.8. The Morgan fingerprint density at radius 3 is 2.45 bits per heavy atom. The minimum atomic E-state index is -0.912. The second-order valence-electron chi connectivity index (χ2n) is 5.15. The first kappa shape index (κ1) is 15.7. The molecular formula is C15H16N2O5. The molecule has 1 aliphatic rings. The minimum absolute atomic E-state index is 0.0143. The summed E-state index contributed by atoms with van der Waals surface area (Å²) in [5, 5.41) is 8.59. The Balaban J connectivity index is 2.14. The van der Waals surface area contributed by atoms with Crippen LogP contribution in [0.15, 0.2) is 18.2 Å². The Kier molecular flexibility index (Phi) is 4.25. The number of carboxylic acids is 1. The monoisotopic (exact) mass is 304 g/mol. The molecule has 0 saturated heterocycles. The predicted octanol–water partition coefficient (Wildman–Crippen LogP) is 0.849. The summed E-state index contributed by atoms with van der Waals surface area (Å²) < 4.78 is 0. The Hall–Kier alpha value is -2.70. The molecule has 0 unspecified atom stereocenters. The first-order valence-electron chi connectivity index (χ1n) is 6.76. The van der Waals surface area contributed by atoms with Crippen molar-refractivity contribution in [1.82, 2.24) is 9.80 Å². The average molecular weight is 304 g/mol. The number of carbonyl (C=O) groups is 4. The van der Waals surface area contributed by atoms with Crippen LogP contribution in [-0.2, 0) is 4.79 Å². The zero-order valence-corrected chi connectivity index (χ0v) is 12.3. The zero-order chi connectivity index (χ0) is 16.4. The van der Waals surface area contributed by atoms with Gasteiger partial charge in [0.25, 0.3) is 17.7 Å². The van der Waals surface area contributed by atoms with Crippen LogP contribution in [0.3, 0.4) is 0 Å². The van der Waals surface area contributed by atoms with E-state index in [4.69, 9.17) is 5.11 Å². The van der Waals surface area contributed by atoms with Crippen molar-refractivity contribution in [3.05, 3.63) is 34.9 Å². The fourth-order valence-electron chi connectivity index (χ4n) is 2.28. The highest BCUT2D eigenvalue weighted by Gasteiger charge is 2.33. The summed E-state index contributed by atoms with van der Waals surface area (Å²) in [6.45, 7) is 0.301. The van der Waals surface area contributed by atoms with Gasteiger partial charge in [-0.15, -0.1) is 0 Å². The minimum Gasteiger partial charge on any atom is -0.481 e. The van der Waals surface area contributed by atoms with Crippen molar-refractivity contribution in [2.45, 2.75) is 12.8 Å². The molecule has 2 rings (SSSR count). The van der Waals surface area contributed by atoms with Crippen molar-refractivity contribution < 1.29 is 24.3 Å². The van der Waals surface area contributed by atoms with Crippen molar-refractivity contribution in [3.63, 3.8) is 0 Å². The lowest BCUT2D eigenvalue weighted by molar-refractivity contribution is -0.137. The van der Waals surface area contributed by atoms with Crippen molar-refractivity contribution in [2.75, 3.05) is 20.6 Å². The highest BCUT2D eigenvalue weighted by atomic mass is 16.4. The third-order valence-corrected chi connectivity index (χ3v) is 3.57. The number of amides is 3. The number of rotatable bonds is 5. The van der Waals surface area contributed by atoms with Gasteiger partial charge in [-0.3, -0.25) is 24.1 Å². The van der Waals surface area contributed by atoms with Gasteiger partial charge in [-0.1, -0.05) is 0 Å². The standard InChI is InChI=1S/C15H16N2O5/c1-16(7-3-4-12(18)19)13(20)9-5-6-10-11(8-9)15(22)17(2)14(10)21/h5-6,8H,3-4,7H2,1-2H3,(H,18,19). The van der Waals surface area contributed by atoms with Crippen molar-refractivity contribution in [1.29, 1.82) is 0 Å². The summed E-state index contributed by atoms with van der Waals surface area (Å²) in [5.41, 5.74) is 0.808. The molecule has 7 nitrogen and oxygen atoms in total. The van der Waals surface area contributed by atoms with Gasteiger partial charge in [0.05, 0.1) is 11.1 Å². The van der Waals surface area contributed by atoms with Gasteiger partial charge in [-0.2, -0.15) is 0 Å². The molecule has 0 aliphatic carbocycles. The van der Waals surface area contributed by atoms with E-state index >= 15 is 0 Å². The van der Waals surface area contributed by atoms with Crippen LogP contribution in [0.5, 0.6) is 0 Å². The van der Waals surface area contributed by atoms with E-state index in [1.54, 1.807) is 7.05 Å². The number of carbonyl (C=O) groups excluding carboxylic acids is 3. The second kappa shape index (κ2) is 5.97. The topological polar surface area (TPSA) is 95.0 Å². The van der Waals surface area contributed by atoms with Crippen LogP contribution in [0.4, 0.5) is 0 Å². The second-order valence-corrected chi connectivity index (χ2v) is 5.15. The number of benzene rings is 1. The van der Waals surface area contributed by atoms with E-state index in [0.717, 1.165) is 4.90 Å². The third kappa shape index (κ3) is 2.83. The number of imide groups is 1. The van der Waals surface area contributed by atoms with Crippen molar-refractivity contribution in [3.8, 4) is 0 Å². The smallest absolute Gasteiger partial charge is 0.303 e. The molecule has 1 aliphatic heterocycles. The molecule has 0 fully saturated rings. The van der Waals surface area contributed by atoms with Crippen LogP contribution in [0.25, 0.3) is 0 Å². The molecule has 1 aromatic carbocycles. The van der Waals surface area contributed by atoms with E-state index in [1.807, 2.05) is 0 Å². The molecule has 116 valence electrons. The molecule has 1 aromatic rings. The van der Waals surface area contributed by atoms with Crippen LogP contribution in [-0.4, -0.2) is 59.2 Å². The Labute approximate surface area is 127 Å². The summed E-state index contributed by atoms with van der Waals surface area (Å²) >= 11 is 0. The molecule has 0 aromatic heterocycles. The maximum atomic E-state index is 12.3. The van der Waals surface area contributed by atoms with Gasteiger partial charge in [0.2, 0.25) is 0 Å². The van der Waals surface area contributed by atoms with Gasteiger partial charge in [0.1, 0.15) is 0 Å². The van der Waals surface area contributed by atoms with Crippen LogP contribution < -0.4 is 0 Å². The number of hydrogen-bond acceptors (Lipinski definition) is 4. The molecule has 0 atom stereocenters. The van der Waals surface area contributed by atoms with Crippen molar-refractivity contribution >= 4 is 23.7 Å². The van der Waals surface area contributed by atoms with E-state index in [0.29, 0.717) is 18.5 Å². The van der Waals surface area contributed by atoms with Gasteiger partial charge in [-0.05, 0) is 24.6 Å². The maximum absolute atomic E-state index is 12.3. The van der Waals surface area contributed by atoms with Gasteiger partial charge >= 0.3 is 5.97 Å². The number of aliphatic carboxylic acids is 1. The summed E-state index contributed by atoms with van der Waals surface area (Å²) in [5.74, 6) is -2.04. The van der Waals surface area contributed by atoms with Crippen LogP contribution >= 0.6 is 0 Å². The van der Waals surface area contributed by atoms with E-state index in [9.17, 15) is 19.2 Å². The first-order valence-corrected chi connectivity index (χ1v) is 6.76. The molecule has 0 bridgehead atoms. The Morgan fingerprint density at radius 2 is 1.82 bits per heavy atom. The fourth-order valence-corrected chi connectivity index (χ4v) is 2.28. The normalized spacial score (nSPS) is 13.3. The SMILES string of the molecule is CN(CCCC(=O)O)C(=O)c1ccc2c(c1)C(=O)N(C)C2=O. The van der Waals surface area contributed by atoms with Gasteiger partial charge in [-0.25, -0.2) is 0 Å². The Bertz CT molecular complexity index is 668. The molecule has 1 heterocycles. The van der Waals surface area contributed by atoms with Gasteiger partial charge < -0.3 is 10.0 Å². The number of hydrogen-bond donors (Lipinski definition) is 1. The van der Waals surface area contributed by atoms with Crippen molar-refractivity contribution in [2.24, 2.45) is 0 Å². The number of fused-ring (bicyclic) bond motifs is 1. The molecule has 7 heteroatoms. The summed E-state index contributed by atoms with van der Waals surface area (Å²) in [6, 6.07) is 4.38. The van der Waals surface area contributed by atoms with Crippen LogP contribution in [0.2, 0.25) is 0 Å². The number of nitrogens with zero attached hydrogens (tertiary/aromatic N) is 2. The number of carboxylic acid groups (broad SMARTS) is 1. The quantitative estimate of drug-likeness (QED) is 0.814. The molecule has 1 N–H and O–H groups in total. The van der Waals surface area contributed by atoms with Crippen LogP contribution in [0.1, 0.15) is 43.9 Å². The zero-order valence-electron chi connectivity index (χ0n) is 12.3. The molecule has 0 radical (unpaired) electrons. The largest absolute Gasteiger partial charge is 0.481 e. The van der Waals surface area contributed by atoms with Crippen LogP contribution in [0, 0.1) is 0 Å².